The van der Waals surface area contributed by atoms with Gasteiger partial charge in [0.15, 0.2) is 0 Å². The summed E-state index contributed by atoms with van der Waals surface area (Å²) in [5.41, 5.74) is 6.85. The summed E-state index contributed by atoms with van der Waals surface area (Å²) < 4.78 is 5.40. The Bertz CT molecular complexity index is 342. The minimum absolute atomic E-state index is 0.616. The number of para-hydroxylation sites is 2. The van der Waals surface area contributed by atoms with Crippen molar-refractivity contribution in [1.29, 1.82) is 0 Å². The van der Waals surface area contributed by atoms with E-state index in [4.69, 9.17) is 10.5 Å². The molecule has 2 N–H and O–H groups in total. The minimum Gasteiger partial charge on any atom is -0.495 e. The molecule has 1 aromatic carbocycles. The molecule has 0 bridgehead atoms. The summed E-state index contributed by atoms with van der Waals surface area (Å²) in [6.07, 6.45) is 0. The highest BCUT2D eigenvalue weighted by atomic mass is 32.2. The first-order valence-corrected chi connectivity index (χ1v) is 6.69. The summed E-state index contributed by atoms with van der Waals surface area (Å²) in [7, 11) is 1.72. The van der Waals surface area contributed by atoms with Crippen molar-refractivity contribution in [3.05, 3.63) is 24.3 Å². The molecule has 0 aromatic heterocycles. The normalized spacial score (nSPS) is 15.6. The maximum Gasteiger partial charge on any atom is 0.142 e. The second kappa shape index (κ2) is 5.46. The van der Waals surface area contributed by atoms with E-state index in [-0.39, 0.29) is 0 Å². The van der Waals surface area contributed by atoms with Crippen LogP contribution in [-0.4, -0.2) is 37.7 Å². The fraction of sp³-hybridized carbons (Fsp3) is 0.500. The maximum absolute atomic E-state index is 5.69. The average Bonchev–Trinajstić information content (AvgIpc) is 2.26. The monoisotopic (exact) mass is 238 g/mol. The molecular weight excluding hydrogens is 220 g/mol. The van der Waals surface area contributed by atoms with Crippen molar-refractivity contribution in [1.82, 2.24) is 0 Å². The molecule has 0 radical (unpaired) electrons. The lowest BCUT2D eigenvalue weighted by Crippen LogP contribution is -2.46. The van der Waals surface area contributed by atoms with Crippen molar-refractivity contribution >= 4 is 17.4 Å². The molecule has 1 aliphatic heterocycles. The average molecular weight is 238 g/mol. The van der Waals surface area contributed by atoms with Crippen molar-refractivity contribution in [2.75, 3.05) is 36.6 Å². The van der Waals surface area contributed by atoms with E-state index in [0.29, 0.717) is 12.6 Å². The highest BCUT2D eigenvalue weighted by Crippen LogP contribution is 2.33. The molecule has 2 rings (SSSR count). The second-order valence-electron chi connectivity index (χ2n) is 3.85. The lowest BCUT2D eigenvalue weighted by molar-refractivity contribution is 0.413. The summed E-state index contributed by atoms with van der Waals surface area (Å²) >= 11 is 1.98. The van der Waals surface area contributed by atoms with Crippen molar-refractivity contribution in [3.63, 3.8) is 0 Å². The van der Waals surface area contributed by atoms with Crippen LogP contribution in [0.4, 0.5) is 5.69 Å². The van der Waals surface area contributed by atoms with E-state index < -0.39 is 0 Å². The topological polar surface area (TPSA) is 38.5 Å². The molecule has 4 heteroatoms. The molecule has 0 saturated carbocycles. The fourth-order valence-corrected chi connectivity index (χ4v) is 2.72. The summed E-state index contributed by atoms with van der Waals surface area (Å²) in [5, 5.41) is 0. The van der Waals surface area contributed by atoms with Crippen LogP contribution in [-0.2, 0) is 0 Å². The van der Waals surface area contributed by atoms with Gasteiger partial charge < -0.3 is 15.4 Å². The Kier molecular flexibility index (Phi) is 3.96. The fourth-order valence-electron chi connectivity index (χ4n) is 1.91. The van der Waals surface area contributed by atoms with Gasteiger partial charge in [0.05, 0.1) is 12.8 Å². The second-order valence-corrected chi connectivity index (χ2v) is 4.92. The van der Waals surface area contributed by atoms with Gasteiger partial charge in [-0.25, -0.2) is 0 Å². The van der Waals surface area contributed by atoms with Crippen LogP contribution in [0.25, 0.3) is 0 Å². The van der Waals surface area contributed by atoms with E-state index in [2.05, 4.69) is 11.0 Å². The van der Waals surface area contributed by atoms with Crippen LogP contribution in [0.1, 0.15) is 0 Å². The van der Waals surface area contributed by atoms with Gasteiger partial charge in [0, 0.05) is 30.6 Å². The van der Waals surface area contributed by atoms with Crippen molar-refractivity contribution in [2.24, 2.45) is 5.73 Å². The molecule has 0 unspecified atom stereocenters. The van der Waals surface area contributed by atoms with Gasteiger partial charge in [-0.2, -0.15) is 11.8 Å². The van der Waals surface area contributed by atoms with Gasteiger partial charge in [-0.3, -0.25) is 0 Å². The summed E-state index contributed by atoms with van der Waals surface area (Å²) in [6, 6.07) is 8.78. The first-order chi connectivity index (χ1) is 7.86. The van der Waals surface area contributed by atoms with Crippen molar-refractivity contribution in [3.8, 4) is 5.75 Å². The van der Waals surface area contributed by atoms with E-state index in [9.17, 15) is 0 Å². The zero-order valence-electron chi connectivity index (χ0n) is 9.56. The standard InChI is InChI=1S/C12H18N2OS/c1-15-12-5-3-2-4-11(12)14(7-6-13)10-8-16-9-10/h2-5,10H,6-9,13H2,1H3. The van der Waals surface area contributed by atoms with E-state index in [1.165, 1.54) is 17.2 Å². The Labute approximate surface area is 101 Å². The largest absolute Gasteiger partial charge is 0.495 e. The number of ether oxygens (including phenoxy) is 1. The smallest absolute Gasteiger partial charge is 0.142 e. The lowest BCUT2D eigenvalue weighted by Gasteiger charge is -2.39. The van der Waals surface area contributed by atoms with Gasteiger partial charge in [-0.1, -0.05) is 12.1 Å². The SMILES string of the molecule is COc1ccccc1N(CCN)C1CSC1. The van der Waals surface area contributed by atoms with E-state index in [0.717, 1.165) is 12.3 Å². The molecule has 0 spiro atoms. The van der Waals surface area contributed by atoms with Gasteiger partial charge in [0.2, 0.25) is 0 Å². The lowest BCUT2D eigenvalue weighted by atomic mass is 10.2. The Hall–Kier alpha value is -0.870. The molecule has 0 amide bonds. The number of anilines is 1. The van der Waals surface area contributed by atoms with Gasteiger partial charge >= 0.3 is 0 Å². The van der Waals surface area contributed by atoms with Gasteiger partial charge in [-0.15, -0.1) is 0 Å². The van der Waals surface area contributed by atoms with Crippen LogP contribution < -0.4 is 15.4 Å². The minimum atomic E-state index is 0.616. The van der Waals surface area contributed by atoms with E-state index >= 15 is 0 Å². The predicted molar refractivity (Wildman–Crippen MR) is 70.5 cm³/mol. The molecule has 3 nitrogen and oxygen atoms in total. The summed E-state index contributed by atoms with van der Waals surface area (Å²) in [6.45, 7) is 1.57. The van der Waals surface area contributed by atoms with E-state index in [1.54, 1.807) is 7.11 Å². The van der Waals surface area contributed by atoms with Crippen LogP contribution in [0.5, 0.6) is 5.75 Å². The number of hydrogen-bond donors (Lipinski definition) is 1. The molecule has 1 fully saturated rings. The van der Waals surface area contributed by atoms with Crippen molar-refractivity contribution < 1.29 is 4.74 Å². The van der Waals surface area contributed by atoms with Gasteiger partial charge in [-0.05, 0) is 12.1 Å². The first-order valence-electron chi connectivity index (χ1n) is 5.54. The number of thioether (sulfide) groups is 1. The third-order valence-corrected chi connectivity index (χ3v) is 4.07. The zero-order valence-corrected chi connectivity index (χ0v) is 10.4. The molecular formula is C12H18N2OS. The number of rotatable bonds is 5. The quantitative estimate of drug-likeness (QED) is 0.845. The summed E-state index contributed by atoms with van der Waals surface area (Å²) in [5.74, 6) is 3.32. The highest BCUT2D eigenvalue weighted by Gasteiger charge is 2.26. The molecule has 16 heavy (non-hydrogen) atoms. The van der Waals surface area contributed by atoms with Crippen molar-refractivity contribution in [2.45, 2.75) is 6.04 Å². The number of methoxy groups -OCH3 is 1. The molecule has 0 atom stereocenters. The molecule has 1 saturated heterocycles. The van der Waals surface area contributed by atoms with E-state index in [1.807, 2.05) is 30.0 Å². The summed E-state index contributed by atoms with van der Waals surface area (Å²) in [4.78, 5) is 2.37. The number of hydrogen-bond acceptors (Lipinski definition) is 4. The van der Waals surface area contributed by atoms with Crippen LogP contribution in [0.2, 0.25) is 0 Å². The Balaban J connectivity index is 2.22. The number of benzene rings is 1. The van der Waals surface area contributed by atoms with Crippen LogP contribution in [0, 0.1) is 0 Å². The number of nitrogens with zero attached hydrogens (tertiary/aromatic N) is 1. The zero-order chi connectivity index (χ0) is 11.4. The Morgan fingerprint density at radius 3 is 2.75 bits per heavy atom. The highest BCUT2D eigenvalue weighted by molar-refractivity contribution is 8.00. The molecule has 88 valence electrons. The van der Waals surface area contributed by atoms with Gasteiger partial charge in [0.25, 0.3) is 0 Å². The molecule has 1 aromatic rings. The molecule has 1 heterocycles. The van der Waals surface area contributed by atoms with Crippen LogP contribution >= 0.6 is 11.8 Å². The molecule has 1 aliphatic rings. The van der Waals surface area contributed by atoms with Crippen LogP contribution in [0.3, 0.4) is 0 Å². The first kappa shape index (κ1) is 11.6. The Morgan fingerprint density at radius 1 is 1.44 bits per heavy atom. The maximum atomic E-state index is 5.69. The van der Waals surface area contributed by atoms with Gasteiger partial charge in [0.1, 0.15) is 5.75 Å². The Morgan fingerprint density at radius 2 is 2.19 bits per heavy atom. The third-order valence-electron chi connectivity index (χ3n) is 2.83. The number of nitrogens with two attached hydrogens (primary N) is 1. The molecule has 0 aliphatic carbocycles. The van der Waals surface area contributed by atoms with Crippen LogP contribution in [0.15, 0.2) is 24.3 Å². The third kappa shape index (κ3) is 2.28. The predicted octanol–water partition coefficient (Wildman–Crippen LogP) is 1.58.